The van der Waals surface area contributed by atoms with Crippen molar-refractivity contribution in [3.05, 3.63) is 24.3 Å². The number of carboxylic acid groups (broad SMARTS) is 1. The zero-order valence-corrected chi connectivity index (χ0v) is 30.2. The van der Waals surface area contributed by atoms with Crippen LogP contribution < -0.4 is 5.11 Å². The Balaban J connectivity index is 4.42. The number of likely N-dealkylation sites (N-methyl/N-ethyl adjacent to an activating group) is 1. The van der Waals surface area contributed by atoms with Gasteiger partial charge in [-0.2, -0.15) is 0 Å². The van der Waals surface area contributed by atoms with Gasteiger partial charge in [0.25, 0.3) is 0 Å². The first-order valence-corrected chi connectivity index (χ1v) is 18.4. The summed E-state index contributed by atoms with van der Waals surface area (Å²) in [7, 11) is 5.38. The molecule has 0 saturated heterocycles. The van der Waals surface area contributed by atoms with Crippen molar-refractivity contribution in [1.29, 1.82) is 0 Å². The Morgan fingerprint density at radius 1 is 0.652 bits per heavy atom. The molecule has 0 rings (SSSR count). The summed E-state index contributed by atoms with van der Waals surface area (Å²) in [5.74, 6) is -1.76. The van der Waals surface area contributed by atoms with Gasteiger partial charge in [0.05, 0.1) is 40.3 Å². The average Bonchev–Trinajstić information content (AvgIpc) is 3.00. The predicted molar refractivity (Wildman–Crippen MR) is 185 cm³/mol. The third-order valence-electron chi connectivity index (χ3n) is 8.09. The second kappa shape index (κ2) is 30.2. The lowest BCUT2D eigenvalue weighted by molar-refractivity contribution is -0.889. The highest BCUT2D eigenvalue weighted by atomic mass is 16.6. The first kappa shape index (κ1) is 43.8. The smallest absolute Gasteiger partial charge is 0.306 e. The molecule has 8 nitrogen and oxygen atoms in total. The highest BCUT2D eigenvalue weighted by Gasteiger charge is 2.25. The van der Waals surface area contributed by atoms with Crippen molar-refractivity contribution in [3.63, 3.8) is 0 Å². The van der Waals surface area contributed by atoms with Crippen LogP contribution in [-0.2, 0) is 28.6 Å². The summed E-state index contributed by atoms with van der Waals surface area (Å²) >= 11 is 0. The van der Waals surface area contributed by atoms with Crippen molar-refractivity contribution >= 4 is 17.9 Å². The van der Waals surface area contributed by atoms with E-state index in [4.69, 9.17) is 14.2 Å². The number of esters is 2. The number of carbonyl (C=O) groups is 3. The molecule has 0 radical (unpaired) electrons. The molecule has 0 N–H and O–H groups in total. The van der Waals surface area contributed by atoms with Crippen LogP contribution in [0, 0.1) is 0 Å². The fourth-order valence-corrected chi connectivity index (χ4v) is 5.16. The minimum absolute atomic E-state index is 0.0372. The Kier molecular flexibility index (Phi) is 28.7. The van der Waals surface area contributed by atoms with Gasteiger partial charge in [0.15, 0.2) is 6.10 Å². The Hall–Kier alpha value is -2.19. The summed E-state index contributed by atoms with van der Waals surface area (Å²) < 4.78 is 17.0. The van der Waals surface area contributed by atoms with E-state index in [1.54, 1.807) is 21.1 Å². The molecule has 0 saturated carbocycles. The molecule has 0 fully saturated rings. The predicted octanol–water partition coefficient (Wildman–Crippen LogP) is 7.63. The maximum absolute atomic E-state index is 12.6. The van der Waals surface area contributed by atoms with Gasteiger partial charge in [0.1, 0.15) is 12.6 Å². The zero-order chi connectivity index (χ0) is 34.3. The maximum atomic E-state index is 12.6. The lowest BCUT2D eigenvalue weighted by Crippen LogP contribution is -2.55. The maximum Gasteiger partial charge on any atom is 0.306 e. The van der Waals surface area contributed by atoms with Crippen molar-refractivity contribution in [2.24, 2.45) is 0 Å². The van der Waals surface area contributed by atoms with Gasteiger partial charge in [-0.15, -0.1) is 0 Å². The van der Waals surface area contributed by atoms with Crippen LogP contribution in [0.25, 0.3) is 0 Å². The van der Waals surface area contributed by atoms with E-state index in [1.807, 2.05) is 0 Å². The van der Waals surface area contributed by atoms with Gasteiger partial charge in [0.2, 0.25) is 0 Å². The number of carbonyl (C=O) groups excluding carboxylic acids is 3. The fraction of sp³-hybridized carbons (Fsp3) is 0.816. The Bertz CT molecular complexity index is 818. The SMILES string of the molecule is CCCCC/C=C\C/C=C\CCCCCCCC(=O)OC(COCCC(C(=O)[O-])[N+](C)(C)C)COC(=O)CCCCCCCCC. The summed E-state index contributed by atoms with van der Waals surface area (Å²) in [6, 6.07) is -0.723. The van der Waals surface area contributed by atoms with E-state index in [9.17, 15) is 19.5 Å². The van der Waals surface area contributed by atoms with Crippen LogP contribution in [0.4, 0.5) is 0 Å². The number of nitrogens with zero attached hydrogens (tertiary/aromatic N) is 1. The number of ether oxygens (including phenoxy) is 3. The Labute approximate surface area is 281 Å². The first-order chi connectivity index (χ1) is 22.1. The van der Waals surface area contributed by atoms with E-state index in [0.29, 0.717) is 12.8 Å². The van der Waals surface area contributed by atoms with Gasteiger partial charge < -0.3 is 28.6 Å². The molecule has 0 amide bonds. The molecule has 2 atom stereocenters. The number of hydrogen-bond acceptors (Lipinski definition) is 7. The van der Waals surface area contributed by atoms with Crippen LogP contribution in [0.5, 0.6) is 0 Å². The van der Waals surface area contributed by atoms with E-state index >= 15 is 0 Å². The molecule has 46 heavy (non-hydrogen) atoms. The highest BCUT2D eigenvalue weighted by Crippen LogP contribution is 2.12. The molecule has 0 bridgehead atoms. The van der Waals surface area contributed by atoms with E-state index < -0.39 is 18.1 Å². The Morgan fingerprint density at radius 2 is 1.15 bits per heavy atom. The molecule has 0 aliphatic heterocycles. The number of carboxylic acids is 1. The van der Waals surface area contributed by atoms with Crippen molar-refractivity contribution in [3.8, 4) is 0 Å². The second-order valence-corrected chi connectivity index (χ2v) is 13.5. The van der Waals surface area contributed by atoms with Crippen molar-refractivity contribution in [2.45, 2.75) is 161 Å². The Morgan fingerprint density at radius 3 is 1.72 bits per heavy atom. The van der Waals surface area contributed by atoms with Gasteiger partial charge in [-0.05, 0) is 44.9 Å². The third-order valence-corrected chi connectivity index (χ3v) is 8.09. The third kappa shape index (κ3) is 28.1. The molecule has 0 spiro atoms. The standard InChI is InChI=1S/C38H69NO7/c1-6-8-10-12-14-15-16-17-18-19-20-21-23-25-27-29-37(41)46-34(32-44-31-30-35(38(42)43)39(3,4)5)33-45-36(40)28-26-24-22-13-11-9-7-2/h14-15,17-18,34-35H,6-13,16,19-33H2,1-5H3/b15-14-,18-17-. The van der Waals surface area contributed by atoms with E-state index in [0.717, 1.165) is 64.2 Å². The minimum atomic E-state index is -1.13. The number of aliphatic carboxylic acids is 1. The lowest BCUT2D eigenvalue weighted by atomic mass is 10.1. The van der Waals surface area contributed by atoms with Crippen LogP contribution in [0.3, 0.4) is 0 Å². The van der Waals surface area contributed by atoms with E-state index in [1.165, 1.54) is 51.4 Å². The quantitative estimate of drug-likeness (QED) is 0.0319. The summed E-state index contributed by atoms with van der Waals surface area (Å²) in [4.78, 5) is 36.4. The molecule has 0 aromatic rings. The molecule has 0 aromatic carbocycles. The number of quaternary nitrogens is 1. The minimum Gasteiger partial charge on any atom is -0.544 e. The largest absolute Gasteiger partial charge is 0.544 e. The number of allylic oxidation sites excluding steroid dienone is 4. The second-order valence-electron chi connectivity index (χ2n) is 13.5. The van der Waals surface area contributed by atoms with Gasteiger partial charge >= 0.3 is 11.9 Å². The summed E-state index contributed by atoms with van der Waals surface area (Å²) in [6.45, 7) is 4.56. The number of unbranched alkanes of at least 4 members (excludes halogenated alkanes) is 14. The van der Waals surface area contributed by atoms with Crippen LogP contribution in [0.15, 0.2) is 24.3 Å². The van der Waals surface area contributed by atoms with Crippen LogP contribution >= 0.6 is 0 Å². The van der Waals surface area contributed by atoms with Gasteiger partial charge in [-0.25, -0.2) is 0 Å². The number of hydrogen-bond donors (Lipinski definition) is 0. The molecular weight excluding hydrogens is 582 g/mol. The number of rotatable bonds is 32. The summed E-state index contributed by atoms with van der Waals surface area (Å²) in [6.07, 6.45) is 29.2. The lowest BCUT2D eigenvalue weighted by Gasteiger charge is -2.34. The molecule has 0 aliphatic carbocycles. The summed E-state index contributed by atoms with van der Waals surface area (Å²) in [5, 5.41) is 11.5. The molecule has 8 heteroatoms. The average molecular weight is 652 g/mol. The zero-order valence-electron chi connectivity index (χ0n) is 30.2. The van der Waals surface area contributed by atoms with E-state index in [2.05, 4.69) is 38.2 Å². The summed E-state index contributed by atoms with van der Waals surface area (Å²) in [5.41, 5.74) is 0. The van der Waals surface area contributed by atoms with Crippen LogP contribution in [0.1, 0.15) is 149 Å². The highest BCUT2D eigenvalue weighted by molar-refractivity contribution is 5.70. The molecule has 2 unspecified atom stereocenters. The van der Waals surface area contributed by atoms with Gasteiger partial charge in [-0.3, -0.25) is 9.59 Å². The van der Waals surface area contributed by atoms with E-state index in [-0.39, 0.29) is 42.7 Å². The van der Waals surface area contributed by atoms with Crippen molar-refractivity contribution in [2.75, 3.05) is 41.0 Å². The molecular formula is C38H69NO7. The van der Waals surface area contributed by atoms with Crippen molar-refractivity contribution in [1.82, 2.24) is 0 Å². The van der Waals surface area contributed by atoms with Gasteiger partial charge in [0, 0.05) is 19.3 Å². The van der Waals surface area contributed by atoms with Gasteiger partial charge in [-0.1, -0.05) is 109 Å². The molecule has 0 aliphatic rings. The molecule has 0 aromatic heterocycles. The normalized spacial score (nSPS) is 13.3. The first-order valence-electron chi connectivity index (χ1n) is 18.4. The van der Waals surface area contributed by atoms with Crippen LogP contribution in [-0.4, -0.2) is 75.5 Å². The molecule has 268 valence electrons. The fourth-order valence-electron chi connectivity index (χ4n) is 5.16. The topological polar surface area (TPSA) is 102 Å². The van der Waals surface area contributed by atoms with Crippen molar-refractivity contribution < 1.29 is 38.2 Å². The van der Waals surface area contributed by atoms with Crippen LogP contribution in [0.2, 0.25) is 0 Å². The molecule has 0 heterocycles. The monoisotopic (exact) mass is 652 g/mol.